The molecule has 0 spiro atoms. The number of anilines is 1. The van der Waals surface area contributed by atoms with Gasteiger partial charge in [-0.25, -0.2) is 4.39 Å². The Bertz CT molecular complexity index is 427. The molecule has 0 amide bonds. The van der Waals surface area contributed by atoms with Crippen molar-refractivity contribution in [2.45, 2.75) is 58.6 Å². The first-order valence-corrected chi connectivity index (χ1v) is 7.77. The van der Waals surface area contributed by atoms with Crippen molar-refractivity contribution in [3.63, 3.8) is 0 Å². The maximum absolute atomic E-state index is 13.4. The van der Waals surface area contributed by atoms with Crippen LogP contribution in [0.25, 0.3) is 0 Å². The van der Waals surface area contributed by atoms with Gasteiger partial charge in [0.05, 0.1) is 6.61 Å². The lowest BCUT2D eigenvalue weighted by atomic mass is 10.1. The van der Waals surface area contributed by atoms with Crippen molar-refractivity contribution in [3.8, 4) is 0 Å². The molecule has 112 valence electrons. The van der Waals surface area contributed by atoms with Crippen molar-refractivity contribution < 1.29 is 9.50 Å². The largest absolute Gasteiger partial charge is 0.392 e. The van der Waals surface area contributed by atoms with E-state index in [2.05, 4.69) is 18.7 Å². The maximum atomic E-state index is 13.4. The second-order valence-electron chi connectivity index (χ2n) is 6.25. The summed E-state index contributed by atoms with van der Waals surface area (Å²) in [5.41, 5.74) is 1.72. The number of hydrogen-bond acceptors (Lipinski definition) is 2. The van der Waals surface area contributed by atoms with Crippen LogP contribution in [0.4, 0.5) is 10.1 Å². The SMILES string of the molecule is CC(C)CCN(c1ccc(F)cc1CO)C1CCCC1. The Morgan fingerprint density at radius 3 is 2.60 bits per heavy atom. The number of benzene rings is 1. The molecule has 0 heterocycles. The van der Waals surface area contributed by atoms with Gasteiger partial charge in [0, 0.05) is 23.8 Å². The molecular formula is C17H26FNO. The van der Waals surface area contributed by atoms with Crippen LogP contribution in [-0.2, 0) is 6.61 Å². The van der Waals surface area contributed by atoms with Crippen LogP contribution >= 0.6 is 0 Å². The Balaban J connectivity index is 2.24. The van der Waals surface area contributed by atoms with E-state index in [1.54, 1.807) is 0 Å². The summed E-state index contributed by atoms with van der Waals surface area (Å²) in [7, 11) is 0. The average Bonchev–Trinajstić information content (AvgIpc) is 2.94. The summed E-state index contributed by atoms with van der Waals surface area (Å²) < 4.78 is 13.4. The van der Waals surface area contributed by atoms with Gasteiger partial charge in [-0.15, -0.1) is 0 Å². The molecule has 1 N–H and O–H groups in total. The molecule has 1 aromatic carbocycles. The van der Waals surface area contributed by atoms with Gasteiger partial charge in [-0.3, -0.25) is 0 Å². The van der Waals surface area contributed by atoms with E-state index in [1.165, 1.54) is 37.8 Å². The Labute approximate surface area is 121 Å². The van der Waals surface area contributed by atoms with E-state index >= 15 is 0 Å². The molecule has 1 aliphatic rings. The van der Waals surface area contributed by atoms with Crippen LogP contribution in [0.5, 0.6) is 0 Å². The minimum Gasteiger partial charge on any atom is -0.392 e. The summed E-state index contributed by atoms with van der Waals surface area (Å²) in [5, 5.41) is 9.52. The van der Waals surface area contributed by atoms with E-state index in [1.807, 2.05) is 6.07 Å². The third-order valence-electron chi connectivity index (χ3n) is 4.23. The van der Waals surface area contributed by atoms with Crippen molar-refractivity contribution in [1.29, 1.82) is 0 Å². The van der Waals surface area contributed by atoms with E-state index in [4.69, 9.17) is 0 Å². The first kappa shape index (κ1) is 15.3. The van der Waals surface area contributed by atoms with Gasteiger partial charge in [0.15, 0.2) is 0 Å². The van der Waals surface area contributed by atoms with Crippen LogP contribution in [0.3, 0.4) is 0 Å². The van der Waals surface area contributed by atoms with Gasteiger partial charge in [-0.1, -0.05) is 26.7 Å². The molecule has 3 heteroatoms. The number of aliphatic hydroxyl groups excluding tert-OH is 1. The molecule has 1 aromatic rings. The number of hydrogen-bond donors (Lipinski definition) is 1. The normalized spacial score (nSPS) is 16.1. The molecule has 0 aromatic heterocycles. The molecular weight excluding hydrogens is 253 g/mol. The van der Waals surface area contributed by atoms with Crippen LogP contribution in [0, 0.1) is 11.7 Å². The van der Waals surface area contributed by atoms with Crippen LogP contribution in [0.15, 0.2) is 18.2 Å². The van der Waals surface area contributed by atoms with E-state index < -0.39 is 0 Å². The number of nitrogens with zero attached hydrogens (tertiary/aromatic N) is 1. The first-order chi connectivity index (χ1) is 9.61. The van der Waals surface area contributed by atoms with Crippen LogP contribution in [0.1, 0.15) is 51.5 Å². The van der Waals surface area contributed by atoms with E-state index in [-0.39, 0.29) is 12.4 Å². The maximum Gasteiger partial charge on any atom is 0.123 e. The fourth-order valence-corrected chi connectivity index (χ4v) is 3.07. The highest BCUT2D eigenvalue weighted by molar-refractivity contribution is 5.54. The van der Waals surface area contributed by atoms with Crippen LogP contribution in [0.2, 0.25) is 0 Å². The van der Waals surface area contributed by atoms with Crippen molar-refractivity contribution in [1.82, 2.24) is 0 Å². The van der Waals surface area contributed by atoms with E-state index in [9.17, 15) is 9.50 Å². The minimum absolute atomic E-state index is 0.0992. The monoisotopic (exact) mass is 279 g/mol. The quantitative estimate of drug-likeness (QED) is 0.847. The average molecular weight is 279 g/mol. The highest BCUT2D eigenvalue weighted by Crippen LogP contribution is 2.31. The van der Waals surface area contributed by atoms with Gasteiger partial charge >= 0.3 is 0 Å². The molecule has 0 saturated heterocycles. The summed E-state index contributed by atoms with van der Waals surface area (Å²) in [4.78, 5) is 2.40. The van der Waals surface area contributed by atoms with Gasteiger partial charge < -0.3 is 10.0 Å². The standard InChI is InChI=1S/C17H26FNO/c1-13(2)9-10-19(16-5-3-4-6-16)17-8-7-15(18)11-14(17)12-20/h7-8,11,13,16,20H,3-6,9-10,12H2,1-2H3. The Kier molecular flexibility index (Phi) is 5.41. The predicted octanol–water partition coefficient (Wildman–Crippen LogP) is 4.11. The topological polar surface area (TPSA) is 23.5 Å². The zero-order chi connectivity index (χ0) is 14.5. The molecule has 2 nitrogen and oxygen atoms in total. The van der Waals surface area contributed by atoms with Gasteiger partial charge in [-0.2, -0.15) is 0 Å². The summed E-state index contributed by atoms with van der Waals surface area (Å²) in [5.74, 6) is 0.380. The fourth-order valence-electron chi connectivity index (χ4n) is 3.07. The number of rotatable bonds is 6. The number of aliphatic hydroxyl groups is 1. The Morgan fingerprint density at radius 2 is 2.00 bits per heavy atom. The van der Waals surface area contributed by atoms with Gasteiger partial charge in [-0.05, 0) is 43.4 Å². The highest BCUT2D eigenvalue weighted by Gasteiger charge is 2.24. The molecule has 0 bridgehead atoms. The zero-order valence-electron chi connectivity index (χ0n) is 12.6. The van der Waals surface area contributed by atoms with Gasteiger partial charge in [0.25, 0.3) is 0 Å². The van der Waals surface area contributed by atoms with Crippen LogP contribution in [-0.4, -0.2) is 17.7 Å². The molecule has 20 heavy (non-hydrogen) atoms. The molecule has 0 unspecified atom stereocenters. The predicted molar refractivity (Wildman–Crippen MR) is 81.4 cm³/mol. The lowest BCUT2D eigenvalue weighted by molar-refractivity contribution is 0.281. The fraction of sp³-hybridized carbons (Fsp3) is 0.647. The number of halogens is 1. The van der Waals surface area contributed by atoms with Crippen molar-refractivity contribution in [2.75, 3.05) is 11.4 Å². The third-order valence-corrected chi connectivity index (χ3v) is 4.23. The zero-order valence-corrected chi connectivity index (χ0v) is 12.6. The lowest BCUT2D eigenvalue weighted by Gasteiger charge is -2.33. The molecule has 1 saturated carbocycles. The van der Waals surface area contributed by atoms with Crippen molar-refractivity contribution in [2.24, 2.45) is 5.92 Å². The van der Waals surface area contributed by atoms with Gasteiger partial charge in [0.2, 0.25) is 0 Å². The third kappa shape index (κ3) is 3.72. The summed E-state index contributed by atoms with van der Waals surface area (Å²) in [6.45, 7) is 5.34. The molecule has 0 radical (unpaired) electrons. The Morgan fingerprint density at radius 1 is 1.30 bits per heavy atom. The summed E-state index contributed by atoms with van der Waals surface area (Å²) >= 11 is 0. The van der Waals surface area contributed by atoms with E-state index in [0.29, 0.717) is 17.5 Å². The molecule has 2 rings (SSSR count). The summed E-state index contributed by atoms with van der Waals surface area (Å²) in [6.07, 6.45) is 6.09. The molecule has 0 aliphatic heterocycles. The minimum atomic E-state index is -0.270. The Hall–Kier alpha value is -1.09. The van der Waals surface area contributed by atoms with Crippen molar-refractivity contribution in [3.05, 3.63) is 29.6 Å². The second kappa shape index (κ2) is 7.07. The molecule has 1 fully saturated rings. The lowest BCUT2D eigenvalue weighted by Crippen LogP contribution is -2.35. The molecule has 1 aliphatic carbocycles. The highest BCUT2D eigenvalue weighted by atomic mass is 19.1. The smallest absolute Gasteiger partial charge is 0.123 e. The van der Waals surface area contributed by atoms with Crippen LogP contribution < -0.4 is 4.90 Å². The summed E-state index contributed by atoms with van der Waals surface area (Å²) in [6, 6.07) is 5.35. The first-order valence-electron chi connectivity index (χ1n) is 7.77. The molecule has 0 atom stereocenters. The van der Waals surface area contributed by atoms with E-state index in [0.717, 1.165) is 18.7 Å². The van der Waals surface area contributed by atoms with Gasteiger partial charge in [0.1, 0.15) is 5.82 Å². The van der Waals surface area contributed by atoms with Crippen molar-refractivity contribution >= 4 is 5.69 Å². The second-order valence-corrected chi connectivity index (χ2v) is 6.25.